The summed E-state index contributed by atoms with van der Waals surface area (Å²) in [5.74, 6) is -2.56. The Bertz CT molecular complexity index is 750. The molecule has 0 radical (unpaired) electrons. The van der Waals surface area contributed by atoms with Crippen LogP contribution in [0, 0.1) is 17.8 Å². The van der Waals surface area contributed by atoms with Crippen molar-refractivity contribution in [1.82, 2.24) is 15.5 Å². The number of rotatable bonds is 10. The monoisotopic (exact) mass is 521 g/mol. The molecule has 1 heterocycles. The van der Waals surface area contributed by atoms with E-state index in [0.29, 0.717) is 12.8 Å². The molecule has 0 bridgehead atoms. The molecule has 1 rings (SSSR count). The van der Waals surface area contributed by atoms with Crippen LogP contribution in [-0.2, 0) is 19.2 Å². The topological polar surface area (TPSA) is 116 Å². The van der Waals surface area contributed by atoms with Gasteiger partial charge in [0.1, 0.15) is 12.1 Å². The third kappa shape index (κ3) is 13.1. The van der Waals surface area contributed by atoms with Crippen LogP contribution in [0.5, 0.6) is 0 Å². The van der Waals surface area contributed by atoms with Crippen LogP contribution < -0.4 is 10.6 Å². The summed E-state index contributed by atoms with van der Waals surface area (Å²) in [4.78, 5) is 52.9. The summed E-state index contributed by atoms with van der Waals surface area (Å²) in [5.41, 5.74) is 0. The van der Waals surface area contributed by atoms with Crippen molar-refractivity contribution in [2.45, 2.75) is 116 Å². The molecule has 0 aromatic rings. The first-order chi connectivity index (χ1) is 17.6. The summed E-state index contributed by atoms with van der Waals surface area (Å²) in [6.45, 7) is 6.12. The van der Waals surface area contributed by atoms with Gasteiger partial charge < -0.3 is 20.6 Å². The Hall–Kier alpha value is -2.38. The van der Waals surface area contributed by atoms with Crippen LogP contribution in [0.1, 0.15) is 104 Å². The fourth-order valence-electron chi connectivity index (χ4n) is 4.87. The van der Waals surface area contributed by atoms with Gasteiger partial charge in [-0.3, -0.25) is 14.4 Å². The fraction of sp³-hybridized carbons (Fsp3) is 0.793. The Labute approximate surface area is 224 Å². The van der Waals surface area contributed by atoms with Crippen molar-refractivity contribution in [2.75, 3.05) is 14.1 Å². The third-order valence-electron chi connectivity index (χ3n) is 7.05. The number of amides is 3. The maximum absolute atomic E-state index is 13.3. The second kappa shape index (κ2) is 18.0. The van der Waals surface area contributed by atoms with E-state index < -0.39 is 29.9 Å². The number of carboxylic acid groups (broad SMARTS) is 1. The predicted octanol–water partition coefficient (Wildman–Crippen LogP) is 4.68. The lowest BCUT2D eigenvalue weighted by atomic mass is 9.91. The number of unbranched alkanes of at least 4 members (excludes halogenated alkanes) is 4. The summed E-state index contributed by atoms with van der Waals surface area (Å²) >= 11 is 0. The number of carboxylic acids is 1. The van der Waals surface area contributed by atoms with Crippen molar-refractivity contribution < 1.29 is 24.3 Å². The average molecular weight is 522 g/mol. The van der Waals surface area contributed by atoms with E-state index >= 15 is 0 Å². The van der Waals surface area contributed by atoms with E-state index in [2.05, 4.69) is 17.6 Å². The van der Waals surface area contributed by atoms with Crippen LogP contribution in [0.3, 0.4) is 0 Å². The van der Waals surface area contributed by atoms with Crippen LogP contribution in [0.15, 0.2) is 12.2 Å². The normalized spacial score (nSPS) is 25.2. The minimum atomic E-state index is -1.22. The van der Waals surface area contributed by atoms with Gasteiger partial charge >= 0.3 is 5.97 Å². The summed E-state index contributed by atoms with van der Waals surface area (Å²) in [5, 5.41) is 15.4. The number of allylic oxidation sites excluding steroid dienone is 2. The van der Waals surface area contributed by atoms with E-state index in [-0.39, 0.29) is 30.1 Å². The number of nitrogens with zero attached hydrogens (tertiary/aromatic N) is 1. The second-order valence-corrected chi connectivity index (χ2v) is 11.1. The summed E-state index contributed by atoms with van der Waals surface area (Å²) in [7, 11) is 3.29. The molecule has 3 amide bonds. The molecular formula is C29H51N3O5. The molecule has 0 spiro atoms. The Morgan fingerprint density at radius 1 is 1.03 bits per heavy atom. The van der Waals surface area contributed by atoms with Crippen molar-refractivity contribution >= 4 is 23.7 Å². The van der Waals surface area contributed by atoms with Crippen molar-refractivity contribution in [3.05, 3.63) is 12.2 Å². The van der Waals surface area contributed by atoms with Crippen molar-refractivity contribution in [1.29, 1.82) is 0 Å². The predicted molar refractivity (Wildman–Crippen MR) is 147 cm³/mol. The molecule has 0 fully saturated rings. The zero-order valence-electron chi connectivity index (χ0n) is 23.8. The van der Waals surface area contributed by atoms with E-state index in [0.717, 1.165) is 44.9 Å². The fourth-order valence-corrected chi connectivity index (χ4v) is 4.87. The SMILES string of the molecule is CCCCCCCC1CCCC/C=C\CC(C(=O)N(C)C)C[C@@H](C(=O)O)NC(=O)[C@H](CC(C)C)NC1=O. The minimum Gasteiger partial charge on any atom is -0.480 e. The van der Waals surface area contributed by atoms with Crippen LogP contribution in [-0.4, -0.2) is 59.9 Å². The largest absolute Gasteiger partial charge is 0.480 e. The second-order valence-electron chi connectivity index (χ2n) is 11.1. The van der Waals surface area contributed by atoms with Crippen molar-refractivity contribution in [3.8, 4) is 0 Å². The molecule has 0 saturated heterocycles. The first kappa shape index (κ1) is 32.6. The molecule has 0 aliphatic carbocycles. The van der Waals surface area contributed by atoms with Crippen LogP contribution in [0.2, 0.25) is 0 Å². The first-order valence-corrected chi connectivity index (χ1v) is 14.3. The van der Waals surface area contributed by atoms with Crippen LogP contribution >= 0.6 is 0 Å². The van der Waals surface area contributed by atoms with Gasteiger partial charge in [-0.2, -0.15) is 0 Å². The van der Waals surface area contributed by atoms with E-state index in [1.54, 1.807) is 14.1 Å². The minimum absolute atomic E-state index is 0.00877. The highest BCUT2D eigenvalue weighted by Crippen LogP contribution is 2.21. The lowest BCUT2D eigenvalue weighted by Crippen LogP contribution is -2.53. The maximum Gasteiger partial charge on any atom is 0.326 e. The van der Waals surface area contributed by atoms with Gasteiger partial charge in [0.15, 0.2) is 0 Å². The molecule has 3 N–H and O–H groups in total. The molecule has 0 aromatic heterocycles. The Balaban J connectivity index is 3.15. The molecule has 8 nitrogen and oxygen atoms in total. The van der Waals surface area contributed by atoms with Crippen molar-refractivity contribution in [3.63, 3.8) is 0 Å². The number of nitrogens with one attached hydrogen (secondary N) is 2. The molecule has 8 heteroatoms. The maximum atomic E-state index is 13.3. The average Bonchev–Trinajstić information content (AvgIpc) is 2.83. The van der Waals surface area contributed by atoms with E-state index in [1.165, 1.54) is 24.2 Å². The van der Waals surface area contributed by atoms with Gasteiger partial charge in [-0.1, -0.05) is 71.4 Å². The molecule has 212 valence electrons. The van der Waals surface area contributed by atoms with Crippen LogP contribution in [0.25, 0.3) is 0 Å². The van der Waals surface area contributed by atoms with Gasteiger partial charge in [-0.05, 0) is 50.9 Å². The van der Waals surface area contributed by atoms with Crippen LogP contribution in [0.4, 0.5) is 0 Å². The number of carbonyl (C=O) groups is 4. The van der Waals surface area contributed by atoms with Gasteiger partial charge in [0.2, 0.25) is 17.7 Å². The molecule has 0 saturated carbocycles. The summed E-state index contributed by atoms with van der Waals surface area (Å²) in [6.07, 6.45) is 14.7. The molecule has 2 unspecified atom stereocenters. The highest BCUT2D eigenvalue weighted by Gasteiger charge is 2.32. The molecular weight excluding hydrogens is 470 g/mol. The molecule has 37 heavy (non-hydrogen) atoms. The highest BCUT2D eigenvalue weighted by molar-refractivity contribution is 5.91. The number of aliphatic carboxylic acids is 1. The van der Waals surface area contributed by atoms with Gasteiger partial charge in [-0.25, -0.2) is 4.79 Å². The van der Waals surface area contributed by atoms with Gasteiger partial charge in [0.25, 0.3) is 0 Å². The third-order valence-corrected chi connectivity index (χ3v) is 7.05. The smallest absolute Gasteiger partial charge is 0.326 e. The highest BCUT2D eigenvalue weighted by atomic mass is 16.4. The zero-order valence-corrected chi connectivity index (χ0v) is 23.8. The summed E-state index contributed by atoms with van der Waals surface area (Å²) in [6, 6.07) is -2.03. The quantitative estimate of drug-likeness (QED) is 0.285. The number of hydrogen-bond donors (Lipinski definition) is 3. The molecule has 1 aliphatic heterocycles. The number of carbonyl (C=O) groups excluding carboxylic acids is 3. The van der Waals surface area contributed by atoms with Gasteiger partial charge in [-0.15, -0.1) is 0 Å². The molecule has 0 aromatic carbocycles. The zero-order chi connectivity index (χ0) is 27.8. The first-order valence-electron chi connectivity index (χ1n) is 14.3. The van der Waals surface area contributed by atoms with Crippen molar-refractivity contribution in [2.24, 2.45) is 17.8 Å². The van der Waals surface area contributed by atoms with Gasteiger partial charge in [0, 0.05) is 25.9 Å². The Morgan fingerprint density at radius 3 is 2.35 bits per heavy atom. The molecule has 1 aliphatic rings. The lowest BCUT2D eigenvalue weighted by Gasteiger charge is -2.27. The lowest BCUT2D eigenvalue weighted by molar-refractivity contribution is -0.143. The molecule has 4 atom stereocenters. The Kier molecular flexibility index (Phi) is 15.9. The number of hydrogen-bond acceptors (Lipinski definition) is 4. The van der Waals surface area contributed by atoms with E-state index in [1.807, 2.05) is 26.0 Å². The summed E-state index contributed by atoms with van der Waals surface area (Å²) < 4.78 is 0. The van der Waals surface area contributed by atoms with Gasteiger partial charge in [0.05, 0.1) is 0 Å². The van der Waals surface area contributed by atoms with E-state index in [4.69, 9.17) is 0 Å². The van der Waals surface area contributed by atoms with E-state index in [9.17, 15) is 24.3 Å². The Morgan fingerprint density at radius 2 is 1.73 bits per heavy atom. The standard InChI is InChI=1S/C29H51N3O5/c1-6-7-8-10-13-16-22-17-14-11-9-12-15-18-23(28(35)32(4)5)20-25(29(36)37)31-27(34)24(19-21(2)3)30-26(22)33/h12,15,21-25H,6-11,13-14,16-20H2,1-5H3,(H,30,33)(H,31,34)(H,36,37)/b15-12-/t22?,23?,24-,25-/m0/s1.